The fourth-order valence-corrected chi connectivity index (χ4v) is 0.757. The standard InChI is InChI=1S/C8H14Br2O2/c1-5-12-6(11)8(9,10)7(2,3)4/h5H2,1-4H3. The molecule has 0 amide bonds. The molecule has 0 rings (SSSR count). The first-order valence-corrected chi connectivity index (χ1v) is 5.37. The zero-order chi connectivity index (χ0) is 9.99. The van der Waals surface area contributed by atoms with Crippen molar-refractivity contribution in [1.29, 1.82) is 0 Å². The third-order valence-electron chi connectivity index (χ3n) is 1.47. The summed E-state index contributed by atoms with van der Waals surface area (Å²) < 4.78 is 4.11. The lowest BCUT2D eigenvalue weighted by atomic mass is 9.92. The fraction of sp³-hybridized carbons (Fsp3) is 0.875. The number of ether oxygens (including phenoxy) is 1. The molecule has 0 aromatic heterocycles. The summed E-state index contributed by atoms with van der Waals surface area (Å²) in [6, 6.07) is 0. The highest BCUT2D eigenvalue weighted by Crippen LogP contribution is 2.44. The monoisotopic (exact) mass is 300 g/mol. The zero-order valence-corrected chi connectivity index (χ0v) is 11.0. The third-order valence-corrected chi connectivity index (χ3v) is 4.50. The minimum atomic E-state index is -0.789. The van der Waals surface area contributed by atoms with Gasteiger partial charge in [-0.2, -0.15) is 0 Å². The Bertz CT molecular complexity index is 170. The number of esters is 1. The Labute approximate surface area is 90.3 Å². The second kappa shape index (κ2) is 4.09. The maximum atomic E-state index is 11.4. The van der Waals surface area contributed by atoms with E-state index in [4.69, 9.17) is 4.74 Å². The molecule has 0 saturated heterocycles. The fourth-order valence-electron chi connectivity index (χ4n) is 0.528. The molecule has 0 heterocycles. The molecule has 0 spiro atoms. The molecule has 0 atom stereocenters. The van der Waals surface area contributed by atoms with E-state index in [0.29, 0.717) is 6.61 Å². The molecule has 0 unspecified atom stereocenters. The van der Waals surface area contributed by atoms with Crippen molar-refractivity contribution in [1.82, 2.24) is 0 Å². The van der Waals surface area contributed by atoms with E-state index in [1.54, 1.807) is 6.92 Å². The number of carbonyl (C=O) groups excluding carboxylic acids is 1. The van der Waals surface area contributed by atoms with Crippen LogP contribution >= 0.6 is 31.9 Å². The smallest absolute Gasteiger partial charge is 0.334 e. The Morgan fingerprint density at radius 2 is 1.75 bits per heavy atom. The SMILES string of the molecule is CCOC(=O)C(Br)(Br)C(C)(C)C. The number of alkyl halides is 2. The van der Waals surface area contributed by atoms with Crippen LogP contribution in [0.2, 0.25) is 0 Å². The lowest BCUT2D eigenvalue weighted by Crippen LogP contribution is -2.39. The van der Waals surface area contributed by atoms with Crippen LogP contribution in [0.15, 0.2) is 0 Å². The van der Waals surface area contributed by atoms with Gasteiger partial charge in [-0.1, -0.05) is 52.6 Å². The first-order valence-electron chi connectivity index (χ1n) is 3.78. The van der Waals surface area contributed by atoms with Crippen LogP contribution in [-0.2, 0) is 9.53 Å². The van der Waals surface area contributed by atoms with Gasteiger partial charge in [0.2, 0.25) is 0 Å². The summed E-state index contributed by atoms with van der Waals surface area (Å²) in [7, 11) is 0. The van der Waals surface area contributed by atoms with E-state index in [1.165, 1.54) is 0 Å². The van der Waals surface area contributed by atoms with Crippen molar-refractivity contribution in [3.8, 4) is 0 Å². The highest BCUT2D eigenvalue weighted by molar-refractivity contribution is 9.26. The summed E-state index contributed by atoms with van der Waals surface area (Å²) in [6.45, 7) is 8.04. The van der Waals surface area contributed by atoms with Gasteiger partial charge >= 0.3 is 5.97 Å². The van der Waals surface area contributed by atoms with Crippen LogP contribution in [0.3, 0.4) is 0 Å². The lowest BCUT2D eigenvalue weighted by molar-refractivity contribution is -0.145. The second-order valence-corrected chi connectivity index (χ2v) is 6.99. The molecule has 0 aliphatic rings. The number of hydrogen-bond donors (Lipinski definition) is 0. The topological polar surface area (TPSA) is 26.3 Å². The van der Waals surface area contributed by atoms with Gasteiger partial charge in [0.05, 0.1) is 6.61 Å². The zero-order valence-electron chi connectivity index (χ0n) is 7.78. The van der Waals surface area contributed by atoms with Crippen molar-refractivity contribution in [3.63, 3.8) is 0 Å². The van der Waals surface area contributed by atoms with E-state index in [-0.39, 0.29) is 11.4 Å². The highest BCUT2D eigenvalue weighted by Gasteiger charge is 2.45. The average Bonchev–Trinajstić information content (AvgIpc) is 1.85. The maximum absolute atomic E-state index is 11.4. The van der Waals surface area contributed by atoms with Crippen LogP contribution in [0.1, 0.15) is 27.7 Å². The van der Waals surface area contributed by atoms with Crippen molar-refractivity contribution < 1.29 is 9.53 Å². The molecule has 0 N–H and O–H groups in total. The van der Waals surface area contributed by atoms with E-state index in [1.807, 2.05) is 20.8 Å². The summed E-state index contributed by atoms with van der Waals surface area (Å²) in [4.78, 5) is 11.4. The molecule has 0 saturated carbocycles. The quantitative estimate of drug-likeness (QED) is 0.579. The van der Waals surface area contributed by atoms with E-state index in [9.17, 15) is 4.79 Å². The first-order chi connectivity index (χ1) is 5.23. The normalized spacial score (nSPS) is 12.8. The highest BCUT2D eigenvalue weighted by atomic mass is 79.9. The van der Waals surface area contributed by atoms with Crippen LogP contribution in [0.25, 0.3) is 0 Å². The summed E-state index contributed by atoms with van der Waals surface area (Å²) in [5.74, 6) is -0.280. The van der Waals surface area contributed by atoms with Crippen LogP contribution in [-0.4, -0.2) is 15.8 Å². The molecule has 0 bridgehead atoms. The Kier molecular flexibility index (Phi) is 4.24. The Morgan fingerprint density at radius 1 is 1.33 bits per heavy atom. The van der Waals surface area contributed by atoms with Gasteiger partial charge < -0.3 is 4.74 Å². The molecule has 0 aromatic rings. The molecule has 2 nitrogen and oxygen atoms in total. The first kappa shape index (κ1) is 12.4. The van der Waals surface area contributed by atoms with Gasteiger partial charge in [0.15, 0.2) is 3.23 Å². The predicted molar refractivity (Wildman–Crippen MR) is 56.7 cm³/mol. The van der Waals surface area contributed by atoms with Gasteiger partial charge in [0, 0.05) is 0 Å². The minimum Gasteiger partial charge on any atom is -0.464 e. The molecule has 0 aromatic carbocycles. The van der Waals surface area contributed by atoms with Gasteiger partial charge in [0.1, 0.15) is 0 Å². The van der Waals surface area contributed by atoms with E-state index >= 15 is 0 Å². The summed E-state index contributed by atoms with van der Waals surface area (Å²) >= 11 is 6.62. The van der Waals surface area contributed by atoms with Crippen LogP contribution in [0, 0.1) is 5.41 Å². The van der Waals surface area contributed by atoms with Crippen molar-refractivity contribution in [2.24, 2.45) is 5.41 Å². The van der Waals surface area contributed by atoms with Crippen molar-refractivity contribution in [3.05, 3.63) is 0 Å². The van der Waals surface area contributed by atoms with Crippen molar-refractivity contribution in [2.75, 3.05) is 6.61 Å². The van der Waals surface area contributed by atoms with Gasteiger partial charge in [0.25, 0.3) is 0 Å². The average molecular weight is 302 g/mol. The van der Waals surface area contributed by atoms with E-state index in [0.717, 1.165) is 0 Å². The van der Waals surface area contributed by atoms with Gasteiger partial charge in [-0.25, -0.2) is 4.79 Å². The Morgan fingerprint density at radius 3 is 2.00 bits per heavy atom. The molecule has 0 fully saturated rings. The maximum Gasteiger partial charge on any atom is 0.334 e. The largest absolute Gasteiger partial charge is 0.464 e. The predicted octanol–water partition coefficient (Wildman–Crippen LogP) is 3.08. The van der Waals surface area contributed by atoms with Crippen molar-refractivity contribution >= 4 is 37.8 Å². The van der Waals surface area contributed by atoms with Crippen LogP contribution < -0.4 is 0 Å². The van der Waals surface area contributed by atoms with Crippen molar-refractivity contribution in [2.45, 2.75) is 30.9 Å². The van der Waals surface area contributed by atoms with E-state index in [2.05, 4.69) is 31.9 Å². The Hall–Kier alpha value is 0.430. The summed E-state index contributed by atoms with van der Waals surface area (Å²) in [6.07, 6.45) is 0. The number of hydrogen-bond acceptors (Lipinski definition) is 2. The number of halogens is 2. The van der Waals surface area contributed by atoms with Crippen LogP contribution in [0.4, 0.5) is 0 Å². The molecule has 72 valence electrons. The molecule has 12 heavy (non-hydrogen) atoms. The van der Waals surface area contributed by atoms with Gasteiger partial charge in [-0.15, -0.1) is 0 Å². The molecule has 0 radical (unpaired) electrons. The third kappa shape index (κ3) is 2.73. The van der Waals surface area contributed by atoms with Crippen LogP contribution in [0.5, 0.6) is 0 Å². The number of rotatable bonds is 2. The van der Waals surface area contributed by atoms with Gasteiger partial charge in [-0.05, 0) is 12.3 Å². The summed E-state index contributed by atoms with van der Waals surface area (Å²) in [5, 5.41) is 0. The Balaban J connectivity index is 4.50. The molecule has 0 aliphatic heterocycles. The van der Waals surface area contributed by atoms with Gasteiger partial charge in [-0.3, -0.25) is 0 Å². The molecular weight excluding hydrogens is 288 g/mol. The lowest BCUT2D eigenvalue weighted by Gasteiger charge is -2.32. The molecule has 4 heteroatoms. The van der Waals surface area contributed by atoms with E-state index < -0.39 is 3.23 Å². The minimum absolute atomic E-state index is 0.223. The molecular formula is C8H14Br2O2. The summed E-state index contributed by atoms with van der Waals surface area (Å²) in [5.41, 5.74) is -0.223. The number of carbonyl (C=O) groups is 1. The second-order valence-electron chi connectivity index (χ2n) is 3.54. The molecule has 0 aliphatic carbocycles.